The normalized spacial score (nSPS) is 11.9. The molecule has 4 nitrogen and oxygen atoms in total. The van der Waals surface area contributed by atoms with Crippen molar-refractivity contribution in [1.82, 2.24) is 0 Å². The average Bonchev–Trinajstić information content (AvgIpc) is 2.52. The zero-order valence-corrected chi connectivity index (χ0v) is 19.9. The molecule has 0 aromatic carbocycles. The van der Waals surface area contributed by atoms with Crippen LogP contribution in [0, 0.1) is 0 Å². The van der Waals surface area contributed by atoms with Crippen molar-refractivity contribution in [3.05, 3.63) is 0 Å². The Kier molecular flexibility index (Phi) is 20.7. The Morgan fingerprint density at radius 3 is 1.04 bits per heavy atom. The Hall–Kier alpha value is -0.130. The van der Waals surface area contributed by atoms with Crippen molar-refractivity contribution in [2.75, 3.05) is 33.9 Å². The van der Waals surface area contributed by atoms with Crippen molar-refractivity contribution in [2.45, 2.75) is 110 Å². The van der Waals surface area contributed by atoms with Crippen molar-refractivity contribution in [3.63, 3.8) is 0 Å². The minimum absolute atomic E-state index is 0.604. The summed E-state index contributed by atoms with van der Waals surface area (Å²) in [4.78, 5) is 0. The summed E-state index contributed by atoms with van der Waals surface area (Å²) in [5.41, 5.74) is 0. The Bertz CT molecular complexity index is 381. The minimum Gasteiger partial charge on any atom is -0.748 e. The van der Waals surface area contributed by atoms with E-state index in [0.29, 0.717) is 6.26 Å². The van der Waals surface area contributed by atoms with E-state index in [9.17, 15) is 0 Å². The molecule has 0 rings (SSSR count). The zero-order chi connectivity index (χ0) is 21.0. The number of nitrogens with zero attached hydrogens (tertiary/aromatic N) is 1. The number of hydrogen-bond donors (Lipinski definition) is 0. The fourth-order valence-electron chi connectivity index (χ4n) is 3.13. The van der Waals surface area contributed by atoms with Gasteiger partial charge in [-0.15, -0.1) is 0 Å². The molecule has 0 atom stereocenters. The quantitative estimate of drug-likeness (QED) is 0.166. The molecular formula is C22H49NO3S. The van der Waals surface area contributed by atoms with E-state index >= 15 is 0 Å². The number of quaternary nitrogens is 1. The number of rotatable bonds is 17. The van der Waals surface area contributed by atoms with Crippen LogP contribution in [-0.2, 0) is 10.1 Å². The molecule has 5 heteroatoms. The summed E-state index contributed by atoms with van der Waals surface area (Å²) in [6, 6.07) is 0. The molecule has 0 unspecified atom stereocenters. The van der Waals surface area contributed by atoms with E-state index in [1.807, 2.05) is 0 Å². The van der Waals surface area contributed by atoms with Crippen LogP contribution in [-0.4, -0.2) is 51.4 Å². The van der Waals surface area contributed by atoms with E-state index in [-0.39, 0.29) is 0 Å². The van der Waals surface area contributed by atoms with Crippen molar-refractivity contribution in [1.29, 1.82) is 0 Å². The van der Waals surface area contributed by atoms with Crippen molar-refractivity contribution < 1.29 is 17.5 Å². The maximum Gasteiger partial charge on any atom is 0.0916 e. The molecular weight excluding hydrogens is 358 g/mol. The molecule has 0 heterocycles. The zero-order valence-electron chi connectivity index (χ0n) is 19.1. The first-order valence-electron chi connectivity index (χ1n) is 11.3. The first kappa shape index (κ1) is 29.1. The Labute approximate surface area is 171 Å². The van der Waals surface area contributed by atoms with Crippen LogP contribution in [0.2, 0.25) is 0 Å². The second-order valence-electron chi connectivity index (χ2n) is 9.02. The largest absolute Gasteiger partial charge is 0.748 e. The summed E-state index contributed by atoms with van der Waals surface area (Å²) in [5, 5.41) is 0. The van der Waals surface area contributed by atoms with Gasteiger partial charge < -0.3 is 9.04 Å². The van der Waals surface area contributed by atoms with Gasteiger partial charge in [0, 0.05) is 6.26 Å². The predicted molar refractivity (Wildman–Crippen MR) is 118 cm³/mol. The molecule has 166 valence electrons. The number of hydrogen-bond acceptors (Lipinski definition) is 3. The van der Waals surface area contributed by atoms with Gasteiger partial charge in [0.2, 0.25) is 0 Å². The molecule has 0 fully saturated rings. The molecule has 0 aliphatic rings. The average molecular weight is 408 g/mol. The van der Waals surface area contributed by atoms with Crippen molar-refractivity contribution >= 4 is 10.1 Å². The van der Waals surface area contributed by atoms with Gasteiger partial charge in [0.05, 0.1) is 37.8 Å². The van der Waals surface area contributed by atoms with Crippen molar-refractivity contribution in [3.8, 4) is 0 Å². The topological polar surface area (TPSA) is 57.2 Å². The Balaban J connectivity index is 0. The highest BCUT2D eigenvalue weighted by Gasteiger charge is 2.04. The van der Waals surface area contributed by atoms with E-state index in [1.54, 1.807) is 0 Å². The monoisotopic (exact) mass is 407 g/mol. The smallest absolute Gasteiger partial charge is 0.0916 e. The third kappa shape index (κ3) is 41.4. The predicted octanol–water partition coefficient (Wildman–Crippen LogP) is 6.12. The molecule has 0 aromatic rings. The maximum absolute atomic E-state index is 9.08. The number of unbranched alkanes of at least 4 members (excludes halogenated alkanes) is 15. The fraction of sp³-hybridized carbons (Fsp3) is 1.00. The summed E-state index contributed by atoms with van der Waals surface area (Å²) in [7, 11) is 2.97. The summed E-state index contributed by atoms with van der Waals surface area (Å²) < 4.78 is 28.4. The van der Waals surface area contributed by atoms with Crippen LogP contribution in [0.3, 0.4) is 0 Å². The van der Waals surface area contributed by atoms with Gasteiger partial charge in [-0.1, -0.05) is 96.8 Å². The lowest BCUT2D eigenvalue weighted by Gasteiger charge is -2.23. The second-order valence-corrected chi connectivity index (χ2v) is 10.4. The molecule has 0 N–H and O–H groups in total. The second kappa shape index (κ2) is 19.2. The molecule has 0 bridgehead atoms. The molecule has 0 saturated heterocycles. The van der Waals surface area contributed by atoms with Crippen LogP contribution < -0.4 is 0 Å². The van der Waals surface area contributed by atoms with Crippen LogP contribution in [0.15, 0.2) is 0 Å². The SMILES string of the molecule is CCCCCCCCCCCCCCCCCC[N+](C)(C)C.CS(=O)(=O)[O-]. The van der Waals surface area contributed by atoms with E-state index < -0.39 is 10.1 Å². The Morgan fingerprint density at radius 2 is 0.815 bits per heavy atom. The lowest BCUT2D eigenvalue weighted by molar-refractivity contribution is -0.870. The molecule has 27 heavy (non-hydrogen) atoms. The molecule has 0 aromatic heterocycles. The summed E-state index contributed by atoms with van der Waals surface area (Å²) in [6.07, 6.45) is 24.0. The van der Waals surface area contributed by atoms with Crippen LogP contribution in [0.25, 0.3) is 0 Å². The molecule has 0 radical (unpaired) electrons. The summed E-state index contributed by atoms with van der Waals surface area (Å²) >= 11 is 0. The summed E-state index contributed by atoms with van der Waals surface area (Å²) in [5.74, 6) is 0. The van der Waals surface area contributed by atoms with Gasteiger partial charge in [-0.25, -0.2) is 8.42 Å². The van der Waals surface area contributed by atoms with Crippen LogP contribution in [0.1, 0.15) is 110 Å². The maximum atomic E-state index is 9.08. The van der Waals surface area contributed by atoms with Crippen LogP contribution >= 0.6 is 0 Å². The molecule has 0 spiro atoms. The van der Waals surface area contributed by atoms with Gasteiger partial charge in [0.15, 0.2) is 0 Å². The van der Waals surface area contributed by atoms with Gasteiger partial charge in [-0.05, 0) is 12.8 Å². The van der Waals surface area contributed by atoms with E-state index in [2.05, 4.69) is 28.1 Å². The highest BCUT2D eigenvalue weighted by Crippen LogP contribution is 2.13. The van der Waals surface area contributed by atoms with Crippen LogP contribution in [0.4, 0.5) is 0 Å². The third-order valence-corrected chi connectivity index (χ3v) is 4.68. The molecule has 0 saturated carbocycles. The molecule has 0 amide bonds. The standard InChI is InChI=1S/C21H46N.CH4O3S/c1-5-6-7-8-9-10-11-12-13-14-15-16-17-18-19-20-21-22(2,3)4;1-5(2,3)4/h5-21H2,1-4H3;1H3,(H,2,3,4)/q+1;/p-1. The lowest BCUT2D eigenvalue weighted by atomic mass is 10.0. The van der Waals surface area contributed by atoms with Crippen molar-refractivity contribution in [2.24, 2.45) is 0 Å². The minimum atomic E-state index is -3.92. The van der Waals surface area contributed by atoms with E-state index in [0.717, 1.165) is 4.48 Å². The third-order valence-electron chi connectivity index (χ3n) is 4.68. The van der Waals surface area contributed by atoms with E-state index in [1.165, 1.54) is 109 Å². The van der Waals surface area contributed by atoms with E-state index in [4.69, 9.17) is 13.0 Å². The molecule has 0 aliphatic heterocycles. The lowest BCUT2D eigenvalue weighted by Crippen LogP contribution is -2.35. The van der Waals surface area contributed by atoms with Gasteiger partial charge in [-0.2, -0.15) is 0 Å². The highest BCUT2D eigenvalue weighted by atomic mass is 32.2. The Morgan fingerprint density at radius 1 is 0.593 bits per heavy atom. The van der Waals surface area contributed by atoms with Gasteiger partial charge >= 0.3 is 0 Å². The first-order chi connectivity index (χ1) is 12.6. The first-order valence-corrected chi connectivity index (χ1v) is 13.1. The van der Waals surface area contributed by atoms with Gasteiger partial charge in [0.25, 0.3) is 0 Å². The van der Waals surface area contributed by atoms with Gasteiger partial charge in [-0.3, -0.25) is 0 Å². The van der Waals surface area contributed by atoms with Gasteiger partial charge in [0.1, 0.15) is 0 Å². The highest BCUT2D eigenvalue weighted by molar-refractivity contribution is 7.84. The molecule has 0 aliphatic carbocycles. The summed E-state index contributed by atoms with van der Waals surface area (Å²) in [6.45, 7) is 3.63. The fourth-order valence-corrected chi connectivity index (χ4v) is 3.13. The van der Waals surface area contributed by atoms with Crippen LogP contribution in [0.5, 0.6) is 0 Å².